The largest absolute Gasteiger partial charge is 0.309 e. The van der Waals surface area contributed by atoms with Crippen molar-refractivity contribution in [3.05, 3.63) is 50.9 Å². The number of halogens is 1. The normalized spacial score (nSPS) is 12.6. The quantitative estimate of drug-likeness (QED) is 0.908. The Morgan fingerprint density at radius 1 is 1.41 bits per heavy atom. The third-order valence-electron chi connectivity index (χ3n) is 2.61. The van der Waals surface area contributed by atoms with Crippen LogP contribution in [0, 0.1) is 0 Å². The lowest BCUT2D eigenvalue weighted by atomic mass is 10.2. The van der Waals surface area contributed by atoms with Crippen LogP contribution in [0.5, 0.6) is 0 Å². The highest BCUT2D eigenvalue weighted by atomic mass is 79.9. The number of thiophene rings is 1. The van der Waals surface area contributed by atoms with Gasteiger partial charge in [-0.3, -0.25) is 4.98 Å². The molecule has 0 aromatic carbocycles. The highest BCUT2D eigenvalue weighted by Gasteiger charge is 2.06. The standard InChI is InChI=1S/C13H15BrN2S/c1-10(12-4-5-13(14)17-12)16-8-6-11-3-2-7-15-9-11/h2-5,7,9-10,16H,6,8H2,1H3. The third kappa shape index (κ3) is 3.91. The van der Waals surface area contributed by atoms with Crippen molar-refractivity contribution in [2.75, 3.05) is 6.54 Å². The molecule has 2 aromatic heterocycles. The highest BCUT2D eigenvalue weighted by Crippen LogP contribution is 2.26. The minimum absolute atomic E-state index is 0.406. The van der Waals surface area contributed by atoms with Crippen LogP contribution in [0.2, 0.25) is 0 Å². The van der Waals surface area contributed by atoms with E-state index in [-0.39, 0.29) is 0 Å². The molecule has 0 aliphatic heterocycles. The summed E-state index contributed by atoms with van der Waals surface area (Å²) < 4.78 is 1.19. The molecule has 2 rings (SSSR count). The fraction of sp³-hybridized carbons (Fsp3) is 0.308. The molecule has 2 nitrogen and oxygen atoms in total. The summed E-state index contributed by atoms with van der Waals surface area (Å²) in [6.45, 7) is 3.17. The number of hydrogen-bond donors (Lipinski definition) is 1. The molecular weight excluding hydrogens is 296 g/mol. The Hall–Kier alpha value is -0.710. The van der Waals surface area contributed by atoms with E-state index in [9.17, 15) is 0 Å². The lowest BCUT2D eigenvalue weighted by molar-refractivity contribution is 0.584. The summed E-state index contributed by atoms with van der Waals surface area (Å²) in [6, 6.07) is 8.76. The highest BCUT2D eigenvalue weighted by molar-refractivity contribution is 9.11. The first-order valence-corrected chi connectivity index (χ1v) is 7.24. The molecule has 0 aliphatic rings. The third-order valence-corrected chi connectivity index (χ3v) is 4.41. The van der Waals surface area contributed by atoms with Crippen LogP contribution in [-0.4, -0.2) is 11.5 Å². The summed E-state index contributed by atoms with van der Waals surface area (Å²) in [5.74, 6) is 0. The Morgan fingerprint density at radius 3 is 2.94 bits per heavy atom. The molecule has 1 N–H and O–H groups in total. The van der Waals surface area contributed by atoms with Crippen molar-refractivity contribution in [3.8, 4) is 0 Å². The van der Waals surface area contributed by atoms with Crippen LogP contribution in [0.4, 0.5) is 0 Å². The van der Waals surface area contributed by atoms with E-state index in [0.29, 0.717) is 6.04 Å². The van der Waals surface area contributed by atoms with Crippen LogP contribution in [0.25, 0.3) is 0 Å². The zero-order valence-corrected chi connectivity index (χ0v) is 12.1. The van der Waals surface area contributed by atoms with Crippen molar-refractivity contribution >= 4 is 27.3 Å². The van der Waals surface area contributed by atoms with Gasteiger partial charge in [-0.25, -0.2) is 0 Å². The predicted molar refractivity (Wildman–Crippen MR) is 76.4 cm³/mol. The zero-order valence-electron chi connectivity index (χ0n) is 9.69. The van der Waals surface area contributed by atoms with E-state index in [4.69, 9.17) is 0 Å². The Morgan fingerprint density at radius 2 is 2.29 bits per heavy atom. The predicted octanol–water partition coefficient (Wildman–Crippen LogP) is 3.80. The van der Waals surface area contributed by atoms with Crippen molar-refractivity contribution < 1.29 is 0 Å². The zero-order chi connectivity index (χ0) is 12.1. The van der Waals surface area contributed by atoms with Crippen molar-refractivity contribution in [1.29, 1.82) is 0 Å². The topological polar surface area (TPSA) is 24.9 Å². The number of pyridine rings is 1. The maximum atomic E-state index is 4.11. The van der Waals surface area contributed by atoms with E-state index >= 15 is 0 Å². The first kappa shape index (κ1) is 12.7. The van der Waals surface area contributed by atoms with E-state index in [2.05, 4.69) is 51.4 Å². The smallest absolute Gasteiger partial charge is 0.0701 e. The Labute approximate surface area is 114 Å². The van der Waals surface area contributed by atoms with Gasteiger partial charge in [0, 0.05) is 23.3 Å². The van der Waals surface area contributed by atoms with Crippen LogP contribution in [0.15, 0.2) is 40.4 Å². The van der Waals surface area contributed by atoms with Crippen LogP contribution < -0.4 is 5.32 Å². The summed E-state index contributed by atoms with van der Waals surface area (Å²) in [5, 5.41) is 3.52. The minimum atomic E-state index is 0.406. The number of nitrogens with zero attached hydrogens (tertiary/aromatic N) is 1. The average molecular weight is 311 g/mol. The lowest BCUT2D eigenvalue weighted by Crippen LogP contribution is -2.20. The van der Waals surface area contributed by atoms with E-state index in [1.165, 1.54) is 14.2 Å². The molecule has 2 aromatic rings. The molecule has 0 amide bonds. The molecule has 2 heterocycles. The summed E-state index contributed by atoms with van der Waals surface area (Å²) in [7, 11) is 0. The number of nitrogens with one attached hydrogen (secondary N) is 1. The van der Waals surface area contributed by atoms with Gasteiger partial charge in [-0.05, 0) is 59.6 Å². The van der Waals surface area contributed by atoms with E-state index < -0.39 is 0 Å². The van der Waals surface area contributed by atoms with Gasteiger partial charge < -0.3 is 5.32 Å². The Kier molecular flexibility index (Phi) is 4.71. The van der Waals surface area contributed by atoms with Gasteiger partial charge in [0.1, 0.15) is 0 Å². The molecule has 1 unspecified atom stereocenters. The molecule has 1 atom stereocenters. The number of hydrogen-bond acceptors (Lipinski definition) is 3. The van der Waals surface area contributed by atoms with Gasteiger partial charge in [-0.2, -0.15) is 0 Å². The monoisotopic (exact) mass is 310 g/mol. The van der Waals surface area contributed by atoms with Gasteiger partial charge in [0.2, 0.25) is 0 Å². The number of aromatic nitrogens is 1. The number of rotatable bonds is 5. The molecule has 90 valence electrons. The van der Waals surface area contributed by atoms with E-state index in [1.54, 1.807) is 11.3 Å². The molecule has 17 heavy (non-hydrogen) atoms. The summed E-state index contributed by atoms with van der Waals surface area (Å²) >= 11 is 5.27. The fourth-order valence-corrected chi connectivity index (χ4v) is 3.09. The summed E-state index contributed by atoms with van der Waals surface area (Å²) in [6.07, 6.45) is 4.75. The average Bonchev–Trinajstić information content (AvgIpc) is 2.77. The van der Waals surface area contributed by atoms with E-state index in [1.807, 2.05) is 18.5 Å². The minimum Gasteiger partial charge on any atom is -0.309 e. The first-order valence-electron chi connectivity index (χ1n) is 5.63. The Bertz CT molecular complexity index is 455. The van der Waals surface area contributed by atoms with Crippen molar-refractivity contribution in [3.63, 3.8) is 0 Å². The molecule has 0 saturated heterocycles. The second kappa shape index (κ2) is 6.28. The van der Waals surface area contributed by atoms with Crippen molar-refractivity contribution in [1.82, 2.24) is 10.3 Å². The van der Waals surface area contributed by atoms with Crippen LogP contribution in [-0.2, 0) is 6.42 Å². The maximum absolute atomic E-state index is 4.11. The van der Waals surface area contributed by atoms with Gasteiger partial charge in [0.15, 0.2) is 0 Å². The van der Waals surface area contributed by atoms with Crippen LogP contribution >= 0.6 is 27.3 Å². The molecular formula is C13H15BrN2S. The van der Waals surface area contributed by atoms with E-state index in [0.717, 1.165) is 13.0 Å². The molecule has 0 aliphatic carbocycles. The Balaban J connectivity index is 1.79. The molecule has 0 bridgehead atoms. The SMILES string of the molecule is CC(NCCc1cccnc1)c1ccc(Br)s1. The summed E-state index contributed by atoms with van der Waals surface area (Å²) in [4.78, 5) is 5.48. The molecule has 0 radical (unpaired) electrons. The molecule has 0 saturated carbocycles. The van der Waals surface area contributed by atoms with Crippen LogP contribution in [0.3, 0.4) is 0 Å². The summed E-state index contributed by atoms with van der Waals surface area (Å²) in [5.41, 5.74) is 1.28. The van der Waals surface area contributed by atoms with Gasteiger partial charge in [0.05, 0.1) is 3.79 Å². The van der Waals surface area contributed by atoms with Gasteiger partial charge in [0.25, 0.3) is 0 Å². The second-order valence-corrected chi connectivity index (χ2v) is 6.42. The van der Waals surface area contributed by atoms with Crippen LogP contribution in [0.1, 0.15) is 23.4 Å². The van der Waals surface area contributed by atoms with Gasteiger partial charge in [-0.1, -0.05) is 6.07 Å². The van der Waals surface area contributed by atoms with Gasteiger partial charge in [-0.15, -0.1) is 11.3 Å². The maximum Gasteiger partial charge on any atom is 0.0701 e. The fourth-order valence-electron chi connectivity index (χ4n) is 1.64. The molecule has 0 fully saturated rings. The lowest BCUT2D eigenvalue weighted by Gasteiger charge is -2.11. The first-order chi connectivity index (χ1) is 8.25. The van der Waals surface area contributed by atoms with Gasteiger partial charge >= 0.3 is 0 Å². The van der Waals surface area contributed by atoms with Crippen molar-refractivity contribution in [2.45, 2.75) is 19.4 Å². The molecule has 0 spiro atoms. The van der Waals surface area contributed by atoms with Crippen molar-refractivity contribution in [2.24, 2.45) is 0 Å². The second-order valence-electron chi connectivity index (χ2n) is 3.93. The molecule has 4 heteroatoms.